The molecule has 1 heterocycles. The SMILES string of the molecule is O=C(NC1[C@H]2CN(CCCc3ccccc3)C[C@@H]12)C1CCCC1. The second-order valence-electron chi connectivity index (χ2n) is 7.69. The summed E-state index contributed by atoms with van der Waals surface area (Å²) in [4.78, 5) is 14.8. The van der Waals surface area contributed by atoms with Crippen LogP contribution in [0.3, 0.4) is 0 Å². The van der Waals surface area contributed by atoms with Gasteiger partial charge in [0.2, 0.25) is 5.91 Å². The van der Waals surface area contributed by atoms with E-state index in [1.54, 1.807) is 0 Å². The molecule has 0 radical (unpaired) electrons. The first-order chi connectivity index (χ1) is 11.3. The average Bonchev–Trinajstić information content (AvgIpc) is 3.02. The Balaban J connectivity index is 1.15. The Bertz CT molecular complexity index is 526. The van der Waals surface area contributed by atoms with Crippen LogP contribution in [-0.2, 0) is 11.2 Å². The molecule has 1 amide bonds. The highest BCUT2D eigenvalue weighted by molar-refractivity contribution is 5.79. The molecule has 1 aromatic rings. The molecule has 0 spiro atoms. The van der Waals surface area contributed by atoms with Crippen molar-refractivity contribution in [1.29, 1.82) is 0 Å². The number of rotatable bonds is 6. The molecular formula is C20H28N2O. The number of benzene rings is 1. The fourth-order valence-electron chi connectivity index (χ4n) is 4.63. The molecular weight excluding hydrogens is 284 g/mol. The van der Waals surface area contributed by atoms with E-state index < -0.39 is 0 Å². The van der Waals surface area contributed by atoms with Gasteiger partial charge in [-0.25, -0.2) is 0 Å². The number of piperidine rings is 1. The van der Waals surface area contributed by atoms with Crippen LogP contribution in [0.2, 0.25) is 0 Å². The van der Waals surface area contributed by atoms with E-state index in [1.807, 2.05) is 0 Å². The van der Waals surface area contributed by atoms with Gasteiger partial charge in [0.15, 0.2) is 0 Å². The number of carbonyl (C=O) groups is 1. The minimum absolute atomic E-state index is 0.318. The van der Waals surface area contributed by atoms with E-state index in [0.29, 0.717) is 17.9 Å². The van der Waals surface area contributed by atoms with Crippen molar-refractivity contribution in [1.82, 2.24) is 10.2 Å². The number of carbonyl (C=O) groups excluding carboxylic acids is 1. The number of nitrogens with zero attached hydrogens (tertiary/aromatic N) is 1. The van der Waals surface area contributed by atoms with Gasteiger partial charge in [0.1, 0.15) is 0 Å². The lowest BCUT2D eigenvalue weighted by Crippen LogP contribution is -2.37. The van der Waals surface area contributed by atoms with E-state index in [2.05, 4.69) is 40.5 Å². The quantitative estimate of drug-likeness (QED) is 0.876. The first-order valence-corrected chi connectivity index (χ1v) is 9.38. The van der Waals surface area contributed by atoms with Crippen LogP contribution in [0.1, 0.15) is 37.7 Å². The Morgan fingerprint density at radius 1 is 1.09 bits per heavy atom. The Morgan fingerprint density at radius 2 is 1.78 bits per heavy atom. The maximum atomic E-state index is 12.2. The van der Waals surface area contributed by atoms with Crippen molar-refractivity contribution in [3.8, 4) is 0 Å². The Hall–Kier alpha value is -1.35. The number of hydrogen-bond acceptors (Lipinski definition) is 2. The molecule has 4 rings (SSSR count). The summed E-state index contributed by atoms with van der Waals surface area (Å²) in [5.41, 5.74) is 1.44. The summed E-state index contributed by atoms with van der Waals surface area (Å²) in [5, 5.41) is 3.33. The second kappa shape index (κ2) is 6.64. The molecule has 1 aromatic carbocycles. The topological polar surface area (TPSA) is 32.3 Å². The van der Waals surface area contributed by atoms with Crippen LogP contribution < -0.4 is 5.32 Å². The van der Waals surface area contributed by atoms with Gasteiger partial charge in [-0.1, -0.05) is 43.2 Å². The van der Waals surface area contributed by atoms with E-state index in [4.69, 9.17) is 0 Å². The molecule has 2 aliphatic carbocycles. The third-order valence-electron chi connectivity index (χ3n) is 6.09. The fraction of sp³-hybridized carbons (Fsp3) is 0.650. The summed E-state index contributed by atoms with van der Waals surface area (Å²) >= 11 is 0. The van der Waals surface area contributed by atoms with Gasteiger partial charge in [-0.05, 0) is 49.6 Å². The molecule has 2 saturated carbocycles. The van der Waals surface area contributed by atoms with E-state index >= 15 is 0 Å². The van der Waals surface area contributed by atoms with Gasteiger partial charge in [0.05, 0.1) is 0 Å². The van der Waals surface area contributed by atoms with E-state index in [1.165, 1.54) is 50.9 Å². The molecule has 124 valence electrons. The molecule has 1 N–H and O–H groups in total. The number of fused-ring (bicyclic) bond motifs is 1. The molecule has 1 aliphatic heterocycles. The predicted octanol–water partition coefficient (Wildman–Crippen LogP) is 2.86. The zero-order valence-corrected chi connectivity index (χ0v) is 13.9. The van der Waals surface area contributed by atoms with E-state index in [0.717, 1.165) is 24.7 Å². The van der Waals surface area contributed by atoms with Crippen molar-refractivity contribution < 1.29 is 4.79 Å². The van der Waals surface area contributed by atoms with Crippen LogP contribution in [0, 0.1) is 17.8 Å². The summed E-state index contributed by atoms with van der Waals surface area (Å²) in [7, 11) is 0. The third kappa shape index (κ3) is 3.45. The highest BCUT2D eigenvalue weighted by Crippen LogP contribution is 2.45. The summed E-state index contributed by atoms with van der Waals surface area (Å²) in [5.74, 6) is 2.13. The molecule has 3 fully saturated rings. The van der Waals surface area contributed by atoms with Gasteiger partial charge in [-0.2, -0.15) is 0 Å². The monoisotopic (exact) mass is 312 g/mol. The summed E-state index contributed by atoms with van der Waals surface area (Å²) < 4.78 is 0. The highest BCUT2D eigenvalue weighted by atomic mass is 16.2. The molecule has 3 nitrogen and oxygen atoms in total. The van der Waals surface area contributed by atoms with Crippen LogP contribution in [-0.4, -0.2) is 36.5 Å². The van der Waals surface area contributed by atoms with Crippen molar-refractivity contribution >= 4 is 5.91 Å². The van der Waals surface area contributed by atoms with Crippen molar-refractivity contribution in [3.05, 3.63) is 35.9 Å². The van der Waals surface area contributed by atoms with E-state index in [-0.39, 0.29) is 0 Å². The van der Waals surface area contributed by atoms with Crippen molar-refractivity contribution in [2.24, 2.45) is 17.8 Å². The van der Waals surface area contributed by atoms with Gasteiger partial charge in [0, 0.05) is 25.0 Å². The Kier molecular flexibility index (Phi) is 4.39. The molecule has 1 saturated heterocycles. The number of nitrogens with one attached hydrogen (secondary N) is 1. The van der Waals surface area contributed by atoms with E-state index in [9.17, 15) is 4.79 Å². The number of likely N-dealkylation sites (tertiary alicyclic amines) is 1. The van der Waals surface area contributed by atoms with Crippen molar-refractivity contribution in [3.63, 3.8) is 0 Å². The van der Waals surface area contributed by atoms with Crippen molar-refractivity contribution in [2.75, 3.05) is 19.6 Å². The lowest BCUT2D eigenvalue weighted by atomic mass is 10.1. The summed E-state index contributed by atoms with van der Waals surface area (Å²) in [6.45, 7) is 3.58. The van der Waals surface area contributed by atoms with Crippen LogP contribution in [0.4, 0.5) is 0 Å². The normalized spacial score (nSPS) is 30.3. The molecule has 3 aliphatic rings. The summed E-state index contributed by atoms with van der Waals surface area (Å²) in [6.07, 6.45) is 7.12. The van der Waals surface area contributed by atoms with Gasteiger partial charge in [-0.3, -0.25) is 4.79 Å². The predicted molar refractivity (Wildman–Crippen MR) is 92.1 cm³/mol. The minimum atomic E-state index is 0.318. The maximum absolute atomic E-state index is 12.2. The Morgan fingerprint density at radius 3 is 2.48 bits per heavy atom. The third-order valence-corrected chi connectivity index (χ3v) is 6.09. The standard InChI is InChI=1S/C20H28N2O/c23-20(16-10-4-5-11-16)21-19-17-13-22(14-18(17)19)12-6-9-15-7-2-1-3-8-15/h1-3,7-8,16-19H,4-6,9-14H2,(H,21,23)/t17-,18+,19?. The number of hydrogen-bond donors (Lipinski definition) is 1. The van der Waals surface area contributed by atoms with Gasteiger partial charge < -0.3 is 10.2 Å². The average molecular weight is 312 g/mol. The van der Waals surface area contributed by atoms with Gasteiger partial charge in [0.25, 0.3) is 0 Å². The molecule has 1 unspecified atom stereocenters. The molecule has 3 heteroatoms. The molecule has 0 bridgehead atoms. The molecule has 3 atom stereocenters. The second-order valence-corrected chi connectivity index (χ2v) is 7.69. The first-order valence-electron chi connectivity index (χ1n) is 9.38. The zero-order valence-electron chi connectivity index (χ0n) is 13.9. The lowest BCUT2D eigenvalue weighted by molar-refractivity contribution is -0.125. The smallest absolute Gasteiger partial charge is 0.223 e. The first kappa shape index (κ1) is 15.2. The number of aryl methyl sites for hydroxylation is 1. The molecule has 0 aromatic heterocycles. The molecule has 23 heavy (non-hydrogen) atoms. The zero-order chi connectivity index (χ0) is 15.6. The van der Waals surface area contributed by atoms with Gasteiger partial charge in [-0.15, -0.1) is 0 Å². The largest absolute Gasteiger partial charge is 0.352 e. The van der Waals surface area contributed by atoms with Crippen molar-refractivity contribution in [2.45, 2.75) is 44.6 Å². The van der Waals surface area contributed by atoms with Crippen LogP contribution in [0.25, 0.3) is 0 Å². The van der Waals surface area contributed by atoms with Crippen LogP contribution in [0.5, 0.6) is 0 Å². The highest BCUT2D eigenvalue weighted by Gasteiger charge is 2.56. The minimum Gasteiger partial charge on any atom is -0.352 e. The fourth-order valence-corrected chi connectivity index (χ4v) is 4.63. The lowest BCUT2D eigenvalue weighted by Gasteiger charge is -2.20. The van der Waals surface area contributed by atoms with Crippen LogP contribution in [0.15, 0.2) is 30.3 Å². The van der Waals surface area contributed by atoms with Crippen LogP contribution >= 0.6 is 0 Å². The van der Waals surface area contributed by atoms with Gasteiger partial charge >= 0.3 is 0 Å². The maximum Gasteiger partial charge on any atom is 0.223 e. The summed E-state index contributed by atoms with van der Waals surface area (Å²) in [6, 6.07) is 11.3. The number of amides is 1. The Labute approximate surface area is 139 Å².